The van der Waals surface area contributed by atoms with E-state index in [-0.39, 0.29) is 5.91 Å². The fraction of sp³-hybridized carbons (Fsp3) is 0.455. The number of methoxy groups -OCH3 is 1. The van der Waals surface area contributed by atoms with Crippen molar-refractivity contribution >= 4 is 5.91 Å². The van der Waals surface area contributed by atoms with E-state index in [0.717, 1.165) is 5.69 Å². The second-order valence-electron chi connectivity index (χ2n) is 3.44. The van der Waals surface area contributed by atoms with Crippen LogP contribution >= 0.6 is 0 Å². The van der Waals surface area contributed by atoms with Gasteiger partial charge in [-0.2, -0.15) is 5.10 Å². The van der Waals surface area contributed by atoms with Crippen LogP contribution < -0.4 is 0 Å². The zero-order valence-electron chi connectivity index (χ0n) is 9.69. The SMILES string of the molecule is C=CCN(CCOC)C(=O)c1cn[nH]c1C. The highest BCUT2D eigenvalue weighted by Crippen LogP contribution is 2.07. The molecule has 0 aliphatic heterocycles. The summed E-state index contributed by atoms with van der Waals surface area (Å²) in [5.41, 5.74) is 1.37. The number of ether oxygens (including phenoxy) is 1. The summed E-state index contributed by atoms with van der Waals surface area (Å²) < 4.78 is 4.96. The Bertz CT molecular complexity index is 360. The number of rotatable bonds is 6. The van der Waals surface area contributed by atoms with Crippen molar-refractivity contribution in [3.63, 3.8) is 0 Å². The van der Waals surface area contributed by atoms with Crippen LogP contribution in [0, 0.1) is 6.92 Å². The highest BCUT2D eigenvalue weighted by molar-refractivity contribution is 5.95. The molecule has 16 heavy (non-hydrogen) atoms. The summed E-state index contributed by atoms with van der Waals surface area (Å²) in [6.45, 7) is 7.02. The quantitative estimate of drug-likeness (QED) is 0.732. The molecule has 0 atom stereocenters. The fourth-order valence-corrected chi connectivity index (χ4v) is 1.37. The number of aromatic amines is 1. The van der Waals surface area contributed by atoms with Crippen LogP contribution in [0.5, 0.6) is 0 Å². The van der Waals surface area contributed by atoms with Crippen molar-refractivity contribution in [1.29, 1.82) is 0 Å². The Labute approximate surface area is 95.1 Å². The van der Waals surface area contributed by atoms with Crippen LogP contribution in [-0.4, -0.2) is 47.8 Å². The van der Waals surface area contributed by atoms with Crippen LogP contribution in [-0.2, 0) is 4.74 Å². The Hall–Kier alpha value is -1.62. The van der Waals surface area contributed by atoms with Gasteiger partial charge in [0.2, 0.25) is 0 Å². The standard InChI is InChI=1S/C11H17N3O2/c1-4-5-14(6-7-16-3)11(15)10-8-12-13-9(10)2/h4,8H,1,5-7H2,2-3H3,(H,12,13). The van der Waals surface area contributed by atoms with E-state index >= 15 is 0 Å². The molecule has 0 saturated carbocycles. The van der Waals surface area contributed by atoms with E-state index in [1.165, 1.54) is 0 Å². The number of aryl methyl sites for hydroxylation is 1. The van der Waals surface area contributed by atoms with Crippen LogP contribution in [0.3, 0.4) is 0 Å². The first kappa shape index (κ1) is 12.4. The first-order valence-electron chi connectivity index (χ1n) is 5.09. The number of hydrogen-bond donors (Lipinski definition) is 1. The number of amides is 1. The Morgan fingerprint density at radius 2 is 2.50 bits per heavy atom. The number of hydrogen-bond acceptors (Lipinski definition) is 3. The van der Waals surface area contributed by atoms with E-state index in [1.54, 1.807) is 24.3 Å². The van der Waals surface area contributed by atoms with Crippen molar-refractivity contribution in [2.45, 2.75) is 6.92 Å². The van der Waals surface area contributed by atoms with Crippen molar-refractivity contribution < 1.29 is 9.53 Å². The van der Waals surface area contributed by atoms with E-state index < -0.39 is 0 Å². The van der Waals surface area contributed by atoms with Gasteiger partial charge >= 0.3 is 0 Å². The van der Waals surface area contributed by atoms with Crippen molar-refractivity contribution in [1.82, 2.24) is 15.1 Å². The lowest BCUT2D eigenvalue weighted by molar-refractivity contribution is 0.0717. The van der Waals surface area contributed by atoms with Gasteiger partial charge in [0.25, 0.3) is 5.91 Å². The van der Waals surface area contributed by atoms with Crippen LogP contribution in [0.1, 0.15) is 16.1 Å². The van der Waals surface area contributed by atoms with Gasteiger partial charge < -0.3 is 9.64 Å². The molecule has 0 spiro atoms. The van der Waals surface area contributed by atoms with E-state index in [0.29, 0.717) is 25.3 Å². The smallest absolute Gasteiger partial charge is 0.257 e. The number of carbonyl (C=O) groups excluding carboxylic acids is 1. The third kappa shape index (κ3) is 2.93. The summed E-state index contributed by atoms with van der Waals surface area (Å²) in [4.78, 5) is 13.8. The Kier molecular flexibility index (Phi) is 4.72. The highest BCUT2D eigenvalue weighted by Gasteiger charge is 2.17. The average Bonchev–Trinajstić information content (AvgIpc) is 2.69. The lowest BCUT2D eigenvalue weighted by atomic mass is 10.2. The first-order chi connectivity index (χ1) is 7.70. The maximum Gasteiger partial charge on any atom is 0.257 e. The molecule has 88 valence electrons. The summed E-state index contributed by atoms with van der Waals surface area (Å²) in [6.07, 6.45) is 3.24. The van der Waals surface area contributed by atoms with Crippen molar-refractivity contribution in [3.8, 4) is 0 Å². The molecule has 5 heteroatoms. The third-order valence-electron chi connectivity index (χ3n) is 2.26. The van der Waals surface area contributed by atoms with Gasteiger partial charge in [0.05, 0.1) is 18.4 Å². The topological polar surface area (TPSA) is 58.2 Å². The number of carbonyl (C=O) groups is 1. The minimum absolute atomic E-state index is 0.0526. The molecule has 0 radical (unpaired) electrons. The van der Waals surface area contributed by atoms with Gasteiger partial charge in [-0.3, -0.25) is 9.89 Å². The van der Waals surface area contributed by atoms with Crippen molar-refractivity contribution in [3.05, 3.63) is 30.1 Å². The fourth-order valence-electron chi connectivity index (χ4n) is 1.37. The molecular weight excluding hydrogens is 206 g/mol. The highest BCUT2D eigenvalue weighted by atomic mass is 16.5. The van der Waals surface area contributed by atoms with Crippen LogP contribution in [0.25, 0.3) is 0 Å². The molecular formula is C11H17N3O2. The first-order valence-corrected chi connectivity index (χ1v) is 5.09. The molecule has 0 bridgehead atoms. The van der Waals surface area contributed by atoms with Crippen LogP contribution in [0.2, 0.25) is 0 Å². The van der Waals surface area contributed by atoms with Gasteiger partial charge in [0, 0.05) is 25.9 Å². The lowest BCUT2D eigenvalue weighted by Crippen LogP contribution is -2.34. The molecule has 0 aromatic carbocycles. The molecule has 0 fully saturated rings. The van der Waals surface area contributed by atoms with Gasteiger partial charge in [0.1, 0.15) is 0 Å². The molecule has 0 aliphatic carbocycles. The predicted molar refractivity (Wildman–Crippen MR) is 61.3 cm³/mol. The van der Waals surface area contributed by atoms with Gasteiger partial charge in [-0.25, -0.2) is 0 Å². The molecule has 0 aliphatic rings. The number of H-pyrrole nitrogens is 1. The molecule has 1 aromatic rings. The van der Waals surface area contributed by atoms with Gasteiger partial charge in [-0.05, 0) is 6.92 Å². The van der Waals surface area contributed by atoms with E-state index in [9.17, 15) is 4.79 Å². The van der Waals surface area contributed by atoms with E-state index in [2.05, 4.69) is 16.8 Å². The number of nitrogens with zero attached hydrogens (tertiary/aromatic N) is 2. The average molecular weight is 223 g/mol. The maximum absolute atomic E-state index is 12.1. The molecule has 1 N–H and O–H groups in total. The molecule has 1 amide bonds. The number of aromatic nitrogens is 2. The summed E-state index contributed by atoms with van der Waals surface area (Å²) in [7, 11) is 1.61. The second-order valence-corrected chi connectivity index (χ2v) is 3.44. The van der Waals surface area contributed by atoms with Crippen molar-refractivity contribution in [2.24, 2.45) is 0 Å². The van der Waals surface area contributed by atoms with Gasteiger partial charge in [-0.15, -0.1) is 6.58 Å². The molecule has 0 saturated heterocycles. The summed E-state index contributed by atoms with van der Waals surface area (Å²) in [6, 6.07) is 0. The lowest BCUT2D eigenvalue weighted by Gasteiger charge is -2.20. The molecule has 0 unspecified atom stereocenters. The monoisotopic (exact) mass is 223 g/mol. The normalized spacial score (nSPS) is 10.1. The van der Waals surface area contributed by atoms with E-state index in [1.807, 2.05) is 6.92 Å². The number of nitrogens with one attached hydrogen (secondary N) is 1. The molecule has 1 rings (SSSR count). The van der Waals surface area contributed by atoms with E-state index in [4.69, 9.17) is 4.74 Å². The zero-order chi connectivity index (χ0) is 12.0. The van der Waals surface area contributed by atoms with Gasteiger partial charge in [-0.1, -0.05) is 6.08 Å². The minimum atomic E-state index is -0.0526. The predicted octanol–water partition coefficient (Wildman–Crippen LogP) is 0.993. The van der Waals surface area contributed by atoms with Gasteiger partial charge in [0.15, 0.2) is 0 Å². The molecule has 5 nitrogen and oxygen atoms in total. The summed E-state index contributed by atoms with van der Waals surface area (Å²) in [5, 5.41) is 6.58. The minimum Gasteiger partial charge on any atom is -0.383 e. The zero-order valence-corrected chi connectivity index (χ0v) is 9.69. The van der Waals surface area contributed by atoms with Crippen LogP contribution in [0.15, 0.2) is 18.9 Å². The maximum atomic E-state index is 12.1. The second kappa shape index (κ2) is 6.07. The Balaban J connectivity index is 2.74. The Morgan fingerprint density at radius 3 is 3.00 bits per heavy atom. The van der Waals surface area contributed by atoms with Crippen molar-refractivity contribution in [2.75, 3.05) is 26.8 Å². The largest absolute Gasteiger partial charge is 0.383 e. The van der Waals surface area contributed by atoms with Crippen LogP contribution in [0.4, 0.5) is 0 Å². The third-order valence-corrected chi connectivity index (χ3v) is 2.26. The summed E-state index contributed by atoms with van der Waals surface area (Å²) >= 11 is 0. The summed E-state index contributed by atoms with van der Waals surface area (Å²) in [5.74, 6) is -0.0526. The molecule has 1 heterocycles. The molecule has 1 aromatic heterocycles. The Morgan fingerprint density at radius 1 is 1.75 bits per heavy atom.